The lowest BCUT2D eigenvalue weighted by atomic mass is 10.3. The van der Waals surface area contributed by atoms with Gasteiger partial charge in [0.15, 0.2) is 4.80 Å². The maximum atomic E-state index is 11.2. The van der Waals surface area contributed by atoms with Crippen molar-refractivity contribution in [1.82, 2.24) is 4.57 Å². The minimum atomic E-state index is -0.984. The van der Waals surface area contributed by atoms with Gasteiger partial charge in [0.25, 0.3) is 0 Å². The van der Waals surface area contributed by atoms with E-state index in [-0.39, 0.29) is 11.5 Å². The van der Waals surface area contributed by atoms with Crippen molar-refractivity contribution >= 4 is 23.0 Å². The second kappa shape index (κ2) is 7.24. The number of aromatic nitrogens is 1. The van der Waals surface area contributed by atoms with Crippen LogP contribution < -0.4 is 9.54 Å². The van der Waals surface area contributed by atoms with Crippen LogP contribution in [0.3, 0.4) is 0 Å². The van der Waals surface area contributed by atoms with Crippen LogP contribution in [-0.4, -0.2) is 34.0 Å². The number of thiazole rings is 1. The minimum Gasteiger partial charge on any atom is -0.494 e. The maximum Gasteiger partial charge on any atom is 0.347 e. The summed E-state index contributed by atoms with van der Waals surface area (Å²) in [6.45, 7) is 4.46. The molecule has 0 saturated heterocycles. The van der Waals surface area contributed by atoms with Crippen LogP contribution in [0, 0.1) is 6.92 Å². The Morgan fingerprint density at radius 2 is 2.05 bits per heavy atom. The van der Waals surface area contributed by atoms with Crippen molar-refractivity contribution in [3.05, 3.63) is 39.6 Å². The fourth-order valence-electron chi connectivity index (χ4n) is 2.03. The number of aliphatic hydroxyl groups is 1. The summed E-state index contributed by atoms with van der Waals surface area (Å²) in [7, 11) is 0. The number of hydrogen-bond donors (Lipinski definition) is 2. The predicted molar refractivity (Wildman–Crippen MR) is 83.9 cm³/mol. The molecule has 0 spiro atoms. The molecule has 1 aromatic carbocycles. The third kappa shape index (κ3) is 3.55. The number of carboxylic acid groups (broad SMARTS) is 1. The molecule has 0 amide bonds. The molecule has 0 aliphatic heterocycles. The molecule has 1 aromatic heterocycles. The summed E-state index contributed by atoms with van der Waals surface area (Å²) in [4.78, 5) is 16.5. The van der Waals surface area contributed by atoms with E-state index in [0.29, 0.717) is 29.3 Å². The van der Waals surface area contributed by atoms with Gasteiger partial charge in [-0.25, -0.2) is 9.79 Å². The molecule has 0 aliphatic carbocycles. The van der Waals surface area contributed by atoms with Crippen LogP contribution in [0.25, 0.3) is 0 Å². The molecule has 0 saturated carbocycles. The summed E-state index contributed by atoms with van der Waals surface area (Å²) in [6, 6.07) is 7.25. The lowest BCUT2D eigenvalue weighted by Crippen LogP contribution is -2.18. The molecule has 1 heterocycles. The maximum absolute atomic E-state index is 11.2. The lowest BCUT2D eigenvalue weighted by molar-refractivity contribution is 0.0700. The largest absolute Gasteiger partial charge is 0.494 e. The van der Waals surface area contributed by atoms with Crippen molar-refractivity contribution in [3.8, 4) is 5.75 Å². The predicted octanol–water partition coefficient (Wildman–Crippen LogP) is 2.18. The lowest BCUT2D eigenvalue weighted by Gasteiger charge is -2.04. The monoisotopic (exact) mass is 322 g/mol. The van der Waals surface area contributed by atoms with E-state index in [0.717, 1.165) is 17.1 Å². The average molecular weight is 322 g/mol. The quantitative estimate of drug-likeness (QED) is 0.854. The number of ether oxygens (including phenoxy) is 1. The van der Waals surface area contributed by atoms with Crippen LogP contribution in [0.4, 0.5) is 5.69 Å². The number of benzene rings is 1. The van der Waals surface area contributed by atoms with Gasteiger partial charge in [0.05, 0.1) is 18.9 Å². The normalized spacial score (nSPS) is 11.7. The van der Waals surface area contributed by atoms with E-state index in [9.17, 15) is 9.90 Å². The molecule has 0 aliphatic rings. The van der Waals surface area contributed by atoms with Crippen molar-refractivity contribution in [2.45, 2.75) is 20.4 Å². The van der Waals surface area contributed by atoms with Gasteiger partial charge in [-0.05, 0) is 38.1 Å². The number of aliphatic hydroxyl groups excluding tert-OH is 1. The van der Waals surface area contributed by atoms with Gasteiger partial charge in [-0.2, -0.15) is 0 Å². The summed E-state index contributed by atoms with van der Waals surface area (Å²) in [5.41, 5.74) is 1.30. The van der Waals surface area contributed by atoms with Crippen molar-refractivity contribution in [1.29, 1.82) is 0 Å². The third-order valence-corrected chi connectivity index (χ3v) is 4.22. The molecular formula is C15H18N2O4S. The van der Waals surface area contributed by atoms with Crippen LogP contribution >= 0.6 is 11.3 Å². The van der Waals surface area contributed by atoms with Crippen molar-refractivity contribution in [2.75, 3.05) is 13.2 Å². The topological polar surface area (TPSA) is 84.0 Å². The summed E-state index contributed by atoms with van der Waals surface area (Å²) in [5.74, 6) is -0.222. The number of carboxylic acids is 1. The number of carbonyl (C=O) groups is 1. The first kappa shape index (κ1) is 16.3. The molecule has 0 unspecified atom stereocenters. The molecule has 0 radical (unpaired) electrons. The molecule has 0 bridgehead atoms. The fraction of sp³-hybridized carbons (Fsp3) is 0.333. The Bertz CT molecular complexity index is 716. The zero-order valence-corrected chi connectivity index (χ0v) is 13.3. The van der Waals surface area contributed by atoms with E-state index >= 15 is 0 Å². The highest BCUT2D eigenvalue weighted by Gasteiger charge is 2.15. The van der Waals surface area contributed by atoms with E-state index in [4.69, 9.17) is 9.84 Å². The molecular weight excluding hydrogens is 304 g/mol. The van der Waals surface area contributed by atoms with E-state index < -0.39 is 5.97 Å². The molecule has 22 heavy (non-hydrogen) atoms. The van der Waals surface area contributed by atoms with Crippen LogP contribution in [-0.2, 0) is 6.54 Å². The Labute approximate surface area is 132 Å². The standard InChI is InChI=1S/C15H18N2O4S/c1-3-21-12-6-4-11(5-7-12)16-15-17(8-9-18)10(2)13(22-15)14(19)20/h4-7,18H,3,8-9H2,1-2H3,(H,19,20)/b16-15+. The highest BCUT2D eigenvalue weighted by molar-refractivity contribution is 7.11. The smallest absolute Gasteiger partial charge is 0.347 e. The highest BCUT2D eigenvalue weighted by atomic mass is 32.1. The van der Waals surface area contributed by atoms with Crippen LogP contribution in [0.5, 0.6) is 5.75 Å². The Balaban J connectivity index is 2.45. The van der Waals surface area contributed by atoms with Gasteiger partial charge < -0.3 is 19.5 Å². The number of hydrogen-bond acceptors (Lipinski definition) is 5. The van der Waals surface area contributed by atoms with Crippen LogP contribution in [0.15, 0.2) is 29.3 Å². The number of rotatable bonds is 6. The first-order valence-electron chi connectivity index (χ1n) is 6.88. The Kier molecular flexibility index (Phi) is 5.35. The average Bonchev–Trinajstić information content (AvgIpc) is 2.79. The van der Waals surface area contributed by atoms with Gasteiger partial charge >= 0.3 is 5.97 Å². The van der Waals surface area contributed by atoms with Gasteiger partial charge in [-0.1, -0.05) is 11.3 Å². The fourth-order valence-corrected chi connectivity index (χ4v) is 3.04. The second-order valence-corrected chi connectivity index (χ2v) is 5.50. The van der Waals surface area contributed by atoms with Gasteiger partial charge in [-0.15, -0.1) is 0 Å². The summed E-state index contributed by atoms with van der Waals surface area (Å²) < 4.78 is 7.09. The first-order valence-corrected chi connectivity index (χ1v) is 7.70. The van der Waals surface area contributed by atoms with Crippen molar-refractivity contribution in [2.24, 2.45) is 4.99 Å². The van der Waals surface area contributed by atoms with Gasteiger partial charge in [0.1, 0.15) is 10.6 Å². The zero-order chi connectivity index (χ0) is 16.1. The Morgan fingerprint density at radius 1 is 1.36 bits per heavy atom. The van der Waals surface area contributed by atoms with Crippen molar-refractivity contribution < 1.29 is 19.7 Å². The molecule has 2 aromatic rings. The summed E-state index contributed by atoms with van der Waals surface area (Å²) in [5, 5.41) is 18.4. The second-order valence-electron chi connectivity index (χ2n) is 4.52. The van der Waals surface area contributed by atoms with Gasteiger partial charge in [-0.3, -0.25) is 0 Å². The van der Waals surface area contributed by atoms with E-state index in [1.807, 2.05) is 31.2 Å². The number of aromatic carboxylic acids is 1. The molecule has 118 valence electrons. The first-order chi connectivity index (χ1) is 10.6. The Morgan fingerprint density at radius 3 is 2.59 bits per heavy atom. The van der Waals surface area contributed by atoms with E-state index in [1.165, 1.54) is 0 Å². The minimum absolute atomic E-state index is 0.0763. The molecule has 7 heteroatoms. The molecule has 0 atom stereocenters. The molecule has 0 fully saturated rings. The van der Waals surface area contributed by atoms with E-state index in [1.54, 1.807) is 11.5 Å². The summed E-state index contributed by atoms with van der Waals surface area (Å²) >= 11 is 1.10. The van der Waals surface area contributed by atoms with Crippen LogP contribution in [0.1, 0.15) is 22.3 Å². The van der Waals surface area contributed by atoms with Gasteiger partial charge in [0, 0.05) is 12.2 Å². The zero-order valence-electron chi connectivity index (χ0n) is 12.4. The number of nitrogens with zero attached hydrogens (tertiary/aromatic N) is 2. The summed E-state index contributed by atoms with van der Waals surface area (Å²) in [6.07, 6.45) is 0. The van der Waals surface area contributed by atoms with E-state index in [2.05, 4.69) is 4.99 Å². The van der Waals surface area contributed by atoms with Crippen molar-refractivity contribution in [3.63, 3.8) is 0 Å². The molecule has 2 rings (SSSR count). The van der Waals surface area contributed by atoms with Gasteiger partial charge in [0.2, 0.25) is 0 Å². The Hall–Kier alpha value is -2.12. The van der Waals surface area contributed by atoms with Crippen LogP contribution in [0.2, 0.25) is 0 Å². The highest BCUT2D eigenvalue weighted by Crippen LogP contribution is 2.19. The molecule has 6 nitrogen and oxygen atoms in total. The third-order valence-electron chi connectivity index (χ3n) is 3.05. The molecule has 2 N–H and O–H groups in total. The SMILES string of the molecule is CCOc1ccc(/N=c2/sc(C(=O)O)c(C)n2CCO)cc1.